The summed E-state index contributed by atoms with van der Waals surface area (Å²) in [5.41, 5.74) is 2.04. The molecule has 1 aromatic carbocycles. The Morgan fingerprint density at radius 2 is 2.08 bits per heavy atom. The molecule has 0 spiro atoms. The van der Waals surface area contributed by atoms with Crippen molar-refractivity contribution in [1.29, 1.82) is 0 Å². The maximum absolute atomic E-state index is 12.9. The SMILES string of the molecule is COc1ccc(C(=O)[C@@H]2CCCN(Cc3ccsc3)C2)cc1OC. The number of piperidine rings is 1. The number of hydrogen-bond acceptors (Lipinski definition) is 5. The number of carbonyl (C=O) groups excluding carboxylic acids is 1. The van der Waals surface area contributed by atoms with Gasteiger partial charge in [-0.15, -0.1) is 0 Å². The Morgan fingerprint density at radius 3 is 2.79 bits per heavy atom. The zero-order valence-electron chi connectivity index (χ0n) is 14.2. The molecule has 0 radical (unpaired) electrons. The molecule has 2 heterocycles. The van der Waals surface area contributed by atoms with E-state index in [0.29, 0.717) is 17.1 Å². The molecule has 1 fully saturated rings. The molecule has 0 bridgehead atoms. The fourth-order valence-corrected chi connectivity index (χ4v) is 3.94. The van der Waals surface area contributed by atoms with Gasteiger partial charge in [0.15, 0.2) is 17.3 Å². The highest BCUT2D eigenvalue weighted by atomic mass is 32.1. The minimum atomic E-state index is 0.0514. The van der Waals surface area contributed by atoms with E-state index in [1.165, 1.54) is 5.56 Å². The summed E-state index contributed by atoms with van der Waals surface area (Å²) in [4.78, 5) is 15.3. The lowest BCUT2D eigenvalue weighted by Gasteiger charge is -2.31. The number of ketones is 1. The first-order valence-electron chi connectivity index (χ1n) is 8.21. The van der Waals surface area contributed by atoms with Crippen LogP contribution < -0.4 is 9.47 Å². The summed E-state index contributed by atoms with van der Waals surface area (Å²) in [7, 11) is 3.19. The van der Waals surface area contributed by atoms with E-state index < -0.39 is 0 Å². The summed E-state index contributed by atoms with van der Waals surface area (Å²) in [6.45, 7) is 2.81. The molecule has 1 atom stereocenters. The maximum Gasteiger partial charge on any atom is 0.167 e. The third-order valence-electron chi connectivity index (χ3n) is 4.53. The number of nitrogens with zero attached hydrogens (tertiary/aromatic N) is 1. The number of carbonyl (C=O) groups is 1. The van der Waals surface area contributed by atoms with E-state index in [0.717, 1.165) is 32.5 Å². The van der Waals surface area contributed by atoms with Crippen LogP contribution in [0.1, 0.15) is 28.8 Å². The molecule has 3 rings (SSSR count). The molecule has 1 saturated heterocycles. The second-order valence-electron chi connectivity index (χ2n) is 6.14. The number of ether oxygens (including phenoxy) is 2. The summed E-state index contributed by atoms with van der Waals surface area (Å²) in [5.74, 6) is 1.51. The Bertz CT molecular complexity index is 684. The Hall–Kier alpha value is -1.85. The molecular weight excluding hydrogens is 322 g/mol. The van der Waals surface area contributed by atoms with Crippen molar-refractivity contribution in [3.63, 3.8) is 0 Å². The number of likely N-dealkylation sites (tertiary alicyclic amines) is 1. The van der Waals surface area contributed by atoms with Crippen LogP contribution in [-0.2, 0) is 6.54 Å². The third-order valence-corrected chi connectivity index (χ3v) is 5.26. The van der Waals surface area contributed by atoms with Gasteiger partial charge in [-0.25, -0.2) is 0 Å². The normalized spacial score (nSPS) is 18.3. The number of Topliss-reactive ketones (excluding diaryl/α,β-unsaturated/α-hetero) is 1. The molecular formula is C19H23NO3S. The van der Waals surface area contributed by atoms with Gasteiger partial charge in [-0.05, 0) is 60.0 Å². The predicted octanol–water partition coefficient (Wildman–Crippen LogP) is 3.86. The van der Waals surface area contributed by atoms with Gasteiger partial charge in [0.05, 0.1) is 14.2 Å². The van der Waals surface area contributed by atoms with Crippen LogP contribution in [0.15, 0.2) is 35.0 Å². The highest BCUT2D eigenvalue weighted by Crippen LogP contribution is 2.30. The highest BCUT2D eigenvalue weighted by molar-refractivity contribution is 7.07. The molecule has 1 aliphatic heterocycles. The molecule has 2 aromatic rings. The number of rotatable bonds is 6. The van der Waals surface area contributed by atoms with Gasteiger partial charge in [0.25, 0.3) is 0 Å². The zero-order valence-corrected chi connectivity index (χ0v) is 15.0. The number of benzene rings is 1. The van der Waals surface area contributed by atoms with Gasteiger partial charge in [-0.3, -0.25) is 9.69 Å². The van der Waals surface area contributed by atoms with Crippen LogP contribution >= 0.6 is 11.3 Å². The first kappa shape index (κ1) is 17.0. The minimum absolute atomic E-state index is 0.0514. The van der Waals surface area contributed by atoms with Crippen LogP contribution in [0.3, 0.4) is 0 Å². The van der Waals surface area contributed by atoms with E-state index in [1.54, 1.807) is 37.7 Å². The summed E-state index contributed by atoms with van der Waals surface area (Å²) in [6.07, 6.45) is 2.02. The number of thiophene rings is 1. The topological polar surface area (TPSA) is 38.8 Å². The first-order valence-corrected chi connectivity index (χ1v) is 9.15. The van der Waals surface area contributed by atoms with Crippen molar-refractivity contribution < 1.29 is 14.3 Å². The van der Waals surface area contributed by atoms with Crippen molar-refractivity contribution in [3.8, 4) is 11.5 Å². The Balaban J connectivity index is 1.70. The Morgan fingerprint density at radius 1 is 1.25 bits per heavy atom. The van der Waals surface area contributed by atoms with Crippen LogP contribution in [0.2, 0.25) is 0 Å². The van der Waals surface area contributed by atoms with Crippen molar-refractivity contribution >= 4 is 17.1 Å². The summed E-state index contributed by atoms with van der Waals surface area (Å²) in [6, 6.07) is 7.59. The van der Waals surface area contributed by atoms with E-state index in [4.69, 9.17) is 9.47 Å². The summed E-state index contributed by atoms with van der Waals surface area (Å²) >= 11 is 1.72. The monoisotopic (exact) mass is 345 g/mol. The van der Waals surface area contributed by atoms with Crippen molar-refractivity contribution in [1.82, 2.24) is 4.90 Å². The lowest BCUT2D eigenvalue weighted by atomic mass is 9.89. The quantitative estimate of drug-likeness (QED) is 0.745. The molecule has 1 aliphatic rings. The predicted molar refractivity (Wildman–Crippen MR) is 96.2 cm³/mol. The number of methoxy groups -OCH3 is 2. The second kappa shape index (κ2) is 7.81. The van der Waals surface area contributed by atoms with E-state index in [9.17, 15) is 4.79 Å². The largest absolute Gasteiger partial charge is 0.493 e. The lowest BCUT2D eigenvalue weighted by molar-refractivity contribution is 0.0811. The molecule has 128 valence electrons. The molecule has 0 aliphatic carbocycles. The average molecular weight is 345 g/mol. The highest BCUT2D eigenvalue weighted by Gasteiger charge is 2.27. The van der Waals surface area contributed by atoms with Crippen molar-refractivity contribution in [2.75, 3.05) is 27.3 Å². The molecule has 0 unspecified atom stereocenters. The van der Waals surface area contributed by atoms with Gasteiger partial charge in [0.1, 0.15) is 0 Å². The molecule has 1 aromatic heterocycles. The smallest absolute Gasteiger partial charge is 0.167 e. The minimum Gasteiger partial charge on any atom is -0.493 e. The Kier molecular flexibility index (Phi) is 5.53. The lowest BCUT2D eigenvalue weighted by Crippen LogP contribution is -2.38. The zero-order chi connectivity index (χ0) is 16.9. The van der Waals surface area contributed by atoms with E-state index in [1.807, 2.05) is 6.07 Å². The van der Waals surface area contributed by atoms with Crippen LogP contribution in [0.25, 0.3) is 0 Å². The third kappa shape index (κ3) is 3.79. The van der Waals surface area contributed by atoms with Gasteiger partial charge in [-0.2, -0.15) is 11.3 Å². The van der Waals surface area contributed by atoms with E-state index in [2.05, 4.69) is 21.7 Å². The van der Waals surface area contributed by atoms with Crippen LogP contribution in [0.5, 0.6) is 11.5 Å². The van der Waals surface area contributed by atoms with E-state index >= 15 is 0 Å². The van der Waals surface area contributed by atoms with Gasteiger partial charge < -0.3 is 9.47 Å². The van der Waals surface area contributed by atoms with Crippen LogP contribution in [-0.4, -0.2) is 38.0 Å². The van der Waals surface area contributed by atoms with Gasteiger partial charge >= 0.3 is 0 Å². The van der Waals surface area contributed by atoms with E-state index in [-0.39, 0.29) is 11.7 Å². The van der Waals surface area contributed by atoms with Crippen molar-refractivity contribution in [2.24, 2.45) is 5.92 Å². The standard InChI is InChI=1S/C19H23NO3S/c1-22-17-6-5-15(10-18(17)23-2)19(21)16-4-3-8-20(12-16)11-14-7-9-24-13-14/h5-7,9-10,13,16H,3-4,8,11-12H2,1-2H3/t16-/m1/s1. The molecule has 0 amide bonds. The van der Waals surface area contributed by atoms with Crippen molar-refractivity contribution in [2.45, 2.75) is 19.4 Å². The average Bonchev–Trinajstić information content (AvgIpc) is 3.13. The molecule has 0 N–H and O–H groups in total. The van der Waals surface area contributed by atoms with Gasteiger partial charge in [0, 0.05) is 24.6 Å². The Labute approximate surface area is 147 Å². The van der Waals surface area contributed by atoms with Gasteiger partial charge in [0.2, 0.25) is 0 Å². The molecule has 5 heteroatoms. The number of hydrogen-bond donors (Lipinski definition) is 0. The molecule has 24 heavy (non-hydrogen) atoms. The summed E-state index contributed by atoms with van der Waals surface area (Å²) < 4.78 is 10.6. The van der Waals surface area contributed by atoms with Crippen molar-refractivity contribution in [3.05, 3.63) is 46.2 Å². The second-order valence-corrected chi connectivity index (χ2v) is 6.92. The fraction of sp³-hybridized carbons (Fsp3) is 0.421. The van der Waals surface area contributed by atoms with Crippen LogP contribution in [0, 0.1) is 5.92 Å². The summed E-state index contributed by atoms with van der Waals surface area (Å²) in [5, 5.41) is 4.28. The molecule has 4 nitrogen and oxygen atoms in total. The fourth-order valence-electron chi connectivity index (χ4n) is 3.28. The van der Waals surface area contributed by atoms with Crippen LogP contribution in [0.4, 0.5) is 0 Å². The van der Waals surface area contributed by atoms with Gasteiger partial charge in [-0.1, -0.05) is 0 Å². The maximum atomic E-state index is 12.9. The first-order chi connectivity index (χ1) is 11.7. The molecule has 0 saturated carbocycles.